The first-order valence-corrected chi connectivity index (χ1v) is 4.80. The van der Waals surface area contributed by atoms with Crippen LogP contribution in [0.3, 0.4) is 0 Å². The summed E-state index contributed by atoms with van der Waals surface area (Å²) in [5, 5.41) is 0. The molecule has 82 valence electrons. The molecule has 0 fully saturated rings. The van der Waals surface area contributed by atoms with Crippen molar-refractivity contribution in [1.29, 1.82) is 0 Å². The molecule has 0 aliphatic heterocycles. The maximum absolute atomic E-state index is 11.4. The Morgan fingerprint density at radius 2 is 2.27 bits per heavy atom. The third-order valence-corrected chi connectivity index (χ3v) is 1.46. The number of carbonyl (C=O) groups is 1. The van der Waals surface area contributed by atoms with Crippen LogP contribution in [0, 0.1) is 0 Å². The zero-order chi connectivity index (χ0) is 11.3. The van der Waals surface area contributed by atoms with Crippen LogP contribution >= 0.6 is 0 Å². The number of nitrogens with zero attached hydrogens (tertiary/aromatic N) is 2. The topological polar surface area (TPSA) is 61.3 Å². The number of aromatic nitrogens is 2. The first-order valence-electron chi connectivity index (χ1n) is 4.80. The van der Waals surface area contributed by atoms with E-state index >= 15 is 0 Å². The average molecular weight is 210 g/mol. The summed E-state index contributed by atoms with van der Waals surface area (Å²) in [7, 11) is 0. The minimum atomic E-state index is -0.464. The Hall–Kier alpha value is -1.65. The van der Waals surface area contributed by atoms with Gasteiger partial charge in [0.25, 0.3) is 0 Å². The molecule has 0 atom stereocenters. The molecule has 5 heteroatoms. The van der Waals surface area contributed by atoms with E-state index in [1.165, 1.54) is 12.3 Å². The summed E-state index contributed by atoms with van der Waals surface area (Å²) in [5.74, 6) is -0.464. The molecule has 15 heavy (non-hydrogen) atoms. The molecule has 0 amide bonds. The molecule has 0 bridgehead atoms. The van der Waals surface area contributed by atoms with Gasteiger partial charge in [0.15, 0.2) is 5.69 Å². The van der Waals surface area contributed by atoms with E-state index in [1.54, 1.807) is 13.8 Å². The molecule has 0 unspecified atom stereocenters. The maximum Gasteiger partial charge on any atom is 0.357 e. The smallest absolute Gasteiger partial charge is 0.357 e. The molecule has 1 heterocycles. The molecule has 0 N–H and O–H groups in total. The molecule has 0 aromatic carbocycles. The summed E-state index contributed by atoms with van der Waals surface area (Å²) in [5.41, 5.74) is 0.210. The molecule has 1 rings (SSSR count). The van der Waals surface area contributed by atoms with Crippen LogP contribution in [0.25, 0.3) is 0 Å². The standard InChI is InChI=1S/C10H14N2O3/c1-4-14-10-11-6-5-8(12-10)9(13)15-7(2)3/h5-7H,4H2,1-3H3. The predicted molar refractivity (Wildman–Crippen MR) is 53.8 cm³/mol. The second-order valence-corrected chi connectivity index (χ2v) is 3.11. The van der Waals surface area contributed by atoms with Crippen molar-refractivity contribution < 1.29 is 14.3 Å². The SMILES string of the molecule is CCOc1nccc(C(=O)OC(C)C)n1. The fourth-order valence-corrected chi connectivity index (χ4v) is 0.928. The van der Waals surface area contributed by atoms with Crippen LogP contribution in [-0.2, 0) is 4.74 Å². The lowest BCUT2D eigenvalue weighted by Crippen LogP contribution is -2.13. The number of rotatable bonds is 4. The normalized spacial score (nSPS) is 10.1. The van der Waals surface area contributed by atoms with Crippen molar-refractivity contribution in [3.05, 3.63) is 18.0 Å². The molecule has 0 radical (unpaired) electrons. The summed E-state index contributed by atoms with van der Waals surface area (Å²) in [4.78, 5) is 19.2. The van der Waals surface area contributed by atoms with Gasteiger partial charge in [-0.1, -0.05) is 0 Å². The second-order valence-electron chi connectivity index (χ2n) is 3.11. The fraction of sp³-hybridized carbons (Fsp3) is 0.500. The molecule has 0 spiro atoms. The third kappa shape index (κ3) is 3.53. The molecule has 0 aliphatic carbocycles. The van der Waals surface area contributed by atoms with E-state index in [0.29, 0.717) is 6.61 Å². The van der Waals surface area contributed by atoms with Crippen molar-refractivity contribution in [2.45, 2.75) is 26.9 Å². The minimum absolute atomic E-state index is 0.164. The van der Waals surface area contributed by atoms with E-state index in [4.69, 9.17) is 9.47 Å². The van der Waals surface area contributed by atoms with Gasteiger partial charge in [0, 0.05) is 6.20 Å². The van der Waals surface area contributed by atoms with E-state index in [-0.39, 0.29) is 17.8 Å². The van der Waals surface area contributed by atoms with Gasteiger partial charge in [0.1, 0.15) is 0 Å². The van der Waals surface area contributed by atoms with Gasteiger partial charge >= 0.3 is 12.0 Å². The first-order chi connectivity index (χ1) is 7.13. The van der Waals surface area contributed by atoms with Gasteiger partial charge in [-0.3, -0.25) is 0 Å². The van der Waals surface area contributed by atoms with Crippen molar-refractivity contribution >= 4 is 5.97 Å². The summed E-state index contributed by atoms with van der Waals surface area (Å²) < 4.78 is 10.1. The van der Waals surface area contributed by atoms with E-state index < -0.39 is 5.97 Å². The van der Waals surface area contributed by atoms with Crippen molar-refractivity contribution in [1.82, 2.24) is 9.97 Å². The van der Waals surface area contributed by atoms with E-state index in [9.17, 15) is 4.79 Å². The molecular weight excluding hydrogens is 196 g/mol. The lowest BCUT2D eigenvalue weighted by atomic mass is 10.4. The van der Waals surface area contributed by atoms with Crippen LogP contribution in [0.5, 0.6) is 6.01 Å². The fourth-order valence-electron chi connectivity index (χ4n) is 0.928. The Balaban J connectivity index is 2.76. The lowest BCUT2D eigenvalue weighted by Gasteiger charge is -2.07. The summed E-state index contributed by atoms with van der Waals surface area (Å²) in [6, 6.07) is 1.68. The lowest BCUT2D eigenvalue weighted by molar-refractivity contribution is 0.0369. The molecule has 0 saturated heterocycles. The van der Waals surface area contributed by atoms with Gasteiger partial charge < -0.3 is 9.47 Å². The molecule has 5 nitrogen and oxygen atoms in total. The highest BCUT2D eigenvalue weighted by Gasteiger charge is 2.11. The number of carbonyl (C=O) groups excluding carboxylic acids is 1. The number of ether oxygens (including phenoxy) is 2. The Labute approximate surface area is 88.4 Å². The van der Waals surface area contributed by atoms with E-state index in [0.717, 1.165) is 0 Å². The summed E-state index contributed by atoms with van der Waals surface area (Å²) >= 11 is 0. The van der Waals surface area contributed by atoms with Gasteiger partial charge in [-0.2, -0.15) is 4.98 Å². The highest BCUT2D eigenvalue weighted by Crippen LogP contribution is 2.05. The van der Waals surface area contributed by atoms with Crippen LogP contribution in [0.2, 0.25) is 0 Å². The minimum Gasteiger partial charge on any atom is -0.464 e. The highest BCUT2D eigenvalue weighted by atomic mass is 16.5. The number of esters is 1. The zero-order valence-electron chi connectivity index (χ0n) is 9.06. The zero-order valence-corrected chi connectivity index (χ0v) is 9.06. The molecule has 0 saturated carbocycles. The predicted octanol–water partition coefficient (Wildman–Crippen LogP) is 1.44. The largest absolute Gasteiger partial charge is 0.464 e. The highest BCUT2D eigenvalue weighted by molar-refractivity contribution is 5.87. The van der Waals surface area contributed by atoms with Crippen LogP contribution in [0.4, 0.5) is 0 Å². The van der Waals surface area contributed by atoms with Crippen molar-refractivity contribution in [3.8, 4) is 6.01 Å². The average Bonchev–Trinajstić information content (AvgIpc) is 2.17. The molecule has 1 aromatic heterocycles. The van der Waals surface area contributed by atoms with Crippen LogP contribution in [0.1, 0.15) is 31.3 Å². The van der Waals surface area contributed by atoms with Crippen LogP contribution in [-0.4, -0.2) is 28.6 Å². The third-order valence-electron chi connectivity index (χ3n) is 1.46. The summed E-state index contributed by atoms with van der Waals surface area (Å²) in [6.45, 7) is 5.84. The first kappa shape index (κ1) is 11.4. The molecule has 0 aliphatic rings. The van der Waals surface area contributed by atoms with Crippen molar-refractivity contribution in [2.75, 3.05) is 6.61 Å². The van der Waals surface area contributed by atoms with Gasteiger partial charge in [0.2, 0.25) is 0 Å². The van der Waals surface area contributed by atoms with Crippen LogP contribution < -0.4 is 4.74 Å². The molecular formula is C10H14N2O3. The Kier molecular flexibility index (Phi) is 4.03. The Bertz CT molecular complexity index is 339. The quantitative estimate of drug-likeness (QED) is 0.704. The summed E-state index contributed by atoms with van der Waals surface area (Å²) in [6.07, 6.45) is 1.30. The molecule has 1 aromatic rings. The van der Waals surface area contributed by atoms with Crippen molar-refractivity contribution in [3.63, 3.8) is 0 Å². The van der Waals surface area contributed by atoms with Crippen molar-refractivity contribution in [2.24, 2.45) is 0 Å². The monoisotopic (exact) mass is 210 g/mol. The van der Waals surface area contributed by atoms with E-state index in [1.807, 2.05) is 6.92 Å². The Morgan fingerprint density at radius 1 is 1.53 bits per heavy atom. The van der Waals surface area contributed by atoms with E-state index in [2.05, 4.69) is 9.97 Å². The number of hydrogen-bond donors (Lipinski definition) is 0. The second kappa shape index (κ2) is 5.29. The van der Waals surface area contributed by atoms with Crippen LogP contribution in [0.15, 0.2) is 12.3 Å². The van der Waals surface area contributed by atoms with Gasteiger partial charge in [0.05, 0.1) is 12.7 Å². The Morgan fingerprint density at radius 3 is 2.87 bits per heavy atom. The van der Waals surface area contributed by atoms with Gasteiger partial charge in [-0.05, 0) is 26.8 Å². The van der Waals surface area contributed by atoms with Gasteiger partial charge in [-0.15, -0.1) is 0 Å². The number of hydrogen-bond acceptors (Lipinski definition) is 5. The maximum atomic E-state index is 11.4. The van der Waals surface area contributed by atoms with Gasteiger partial charge in [-0.25, -0.2) is 9.78 Å².